The van der Waals surface area contributed by atoms with Crippen LogP contribution in [0.15, 0.2) is 152 Å². The maximum atomic E-state index is 2.54. The van der Waals surface area contributed by atoms with E-state index in [-0.39, 0.29) is 5.41 Å². The van der Waals surface area contributed by atoms with Crippen molar-refractivity contribution in [3.63, 3.8) is 0 Å². The fraction of sp³-hybridized carbons (Fsp3) is 0.216. The third-order valence-corrected chi connectivity index (χ3v) is 12.9. The summed E-state index contributed by atoms with van der Waals surface area (Å²) in [6, 6.07) is 57.1. The molecule has 3 atom stereocenters. The molecular formula is C51H45N. The van der Waals surface area contributed by atoms with Crippen molar-refractivity contribution in [1.82, 2.24) is 0 Å². The van der Waals surface area contributed by atoms with E-state index in [1.54, 1.807) is 0 Å². The van der Waals surface area contributed by atoms with E-state index in [0.717, 1.165) is 11.8 Å². The lowest BCUT2D eigenvalue weighted by Gasteiger charge is -2.31. The average Bonchev–Trinajstić information content (AvgIpc) is 3.89. The Hall–Kier alpha value is -5.40. The fourth-order valence-corrected chi connectivity index (χ4v) is 10.3. The molecule has 7 aromatic rings. The Labute approximate surface area is 308 Å². The second-order valence-electron chi connectivity index (χ2n) is 16.2. The van der Waals surface area contributed by atoms with Gasteiger partial charge in [0.1, 0.15) is 0 Å². The molecule has 3 aliphatic carbocycles. The van der Waals surface area contributed by atoms with Crippen LogP contribution in [-0.2, 0) is 5.41 Å². The Morgan fingerprint density at radius 3 is 2.10 bits per heavy atom. The fourth-order valence-electron chi connectivity index (χ4n) is 10.3. The molecular weight excluding hydrogens is 627 g/mol. The molecule has 7 aromatic carbocycles. The van der Waals surface area contributed by atoms with Crippen molar-refractivity contribution >= 4 is 27.8 Å². The summed E-state index contributed by atoms with van der Waals surface area (Å²) in [6.45, 7) is 7.05. The highest BCUT2D eigenvalue weighted by Crippen LogP contribution is 2.55. The largest absolute Gasteiger partial charge is 0.310 e. The van der Waals surface area contributed by atoms with Gasteiger partial charge in [0.15, 0.2) is 0 Å². The van der Waals surface area contributed by atoms with E-state index in [9.17, 15) is 0 Å². The first-order chi connectivity index (χ1) is 25.5. The lowest BCUT2D eigenvalue weighted by atomic mass is 9.81. The minimum Gasteiger partial charge on any atom is -0.310 e. The topological polar surface area (TPSA) is 3.24 Å². The van der Waals surface area contributed by atoms with Crippen LogP contribution in [0.1, 0.15) is 67.7 Å². The zero-order valence-corrected chi connectivity index (χ0v) is 30.4. The third kappa shape index (κ3) is 4.90. The lowest BCUT2D eigenvalue weighted by Crippen LogP contribution is -2.17. The molecule has 0 radical (unpaired) electrons. The summed E-state index contributed by atoms with van der Waals surface area (Å²) in [6.07, 6.45) is 5.62. The monoisotopic (exact) mass is 671 g/mol. The van der Waals surface area contributed by atoms with Crippen LogP contribution in [0.4, 0.5) is 17.1 Å². The Balaban J connectivity index is 1.18. The molecule has 0 aromatic heterocycles. The van der Waals surface area contributed by atoms with Gasteiger partial charge in [-0.15, -0.1) is 0 Å². The van der Waals surface area contributed by atoms with Gasteiger partial charge >= 0.3 is 0 Å². The molecule has 52 heavy (non-hydrogen) atoms. The van der Waals surface area contributed by atoms with Crippen molar-refractivity contribution in [2.24, 2.45) is 11.8 Å². The van der Waals surface area contributed by atoms with Crippen LogP contribution in [0.5, 0.6) is 0 Å². The quantitative estimate of drug-likeness (QED) is 0.170. The van der Waals surface area contributed by atoms with Crippen LogP contribution in [0.25, 0.3) is 44.2 Å². The van der Waals surface area contributed by atoms with Crippen molar-refractivity contribution in [3.8, 4) is 33.4 Å². The molecule has 2 saturated carbocycles. The average molecular weight is 672 g/mol. The number of anilines is 3. The van der Waals surface area contributed by atoms with Gasteiger partial charge in [0.25, 0.3) is 0 Å². The summed E-state index contributed by atoms with van der Waals surface area (Å²) >= 11 is 0. The molecule has 10 rings (SSSR count). The summed E-state index contributed by atoms with van der Waals surface area (Å²) < 4.78 is 0. The summed E-state index contributed by atoms with van der Waals surface area (Å²) in [5.74, 6) is 2.51. The van der Waals surface area contributed by atoms with Crippen LogP contribution in [-0.4, -0.2) is 0 Å². The van der Waals surface area contributed by atoms with Crippen molar-refractivity contribution in [2.75, 3.05) is 4.90 Å². The van der Waals surface area contributed by atoms with Crippen LogP contribution >= 0.6 is 0 Å². The van der Waals surface area contributed by atoms with Crippen LogP contribution in [0, 0.1) is 18.8 Å². The Kier molecular flexibility index (Phi) is 7.29. The van der Waals surface area contributed by atoms with E-state index in [0.29, 0.717) is 5.92 Å². The Morgan fingerprint density at radius 2 is 1.31 bits per heavy atom. The molecule has 0 saturated heterocycles. The maximum Gasteiger partial charge on any atom is 0.0546 e. The molecule has 0 spiro atoms. The third-order valence-electron chi connectivity index (χ3n) is 12.9. The van der Waals surface area contributed by atoms with Gasteiger partial charge < -0.3 is 4.90 Å². The summed E-state index contributed by atoms with van der Waals surface area (Å²) in [5, 5.41) is 2.54. The van der Waals surface area contributed by atoms with Crippen LogP contribution in [0.3, 0.4) is 0 Å². The highest BCUT2D eigenvalue weighted by molar-refractivity contribution is 6.06. The Morgan fingerprint density at radius 1 is 0.558 bits per heavy atom. The molecule has 1 heteroatoms. The van der Waals surface area contributed by atoms with E-state index in [1.165, 1.54) is 109 Å². The molecule has 0 heterocycles. The number of hydrogen-bond donors (Lipinski definition) is 0. The molecule has 2 bridgehead atoms. The highest BCUT2D eigenvalue weighted by atomic mass is 15.1. The van der Waals surface area contributed by atoms with Gasteiger partial charge in [0.05, 0.1) is 5.69 Å². The van der Waals surface area contributed by atoms with Crippen molar-refractivity contribution in [1.29, 1.82) is 0 Å². The predicted octanol–water partition coefficient (Wildman–Crippen LogP) is 14.2. The Bertz CT molecular complexity index is 2470. The van der Waals surface area contributed by atoms with E-state index in [1.807, 2.05) is 0 Å². The number of benzene rings is 7. The van der Waals surface area contributed by atoms with Gasteiger partial charge in [0, 0.05) is 22.4 Å². The molecule has 2 fully saturated rings. The van der Waals surface area contributed by atoms with E-state index >= 15 is 0 Å². The second-order valence-corrected chi connectivity index (χ2v) is 16.2. The van der Waals surface area contributed by atoms with Gasteiger partial charge in [-0.3, -0.25) is 0 Å². The lowest BCUT2D eigenvalue weighted by molar-refractivity contribution is 0.420. The summed E-state index contributed by atoms with van der Waals surface area (Å²) in [7, 11) is 0. The van der Waals surface area contributed by atoms with E-state index < -0.39 is 0 Å². The minimum atomic E-state index is -0.148. The smallest absolute Gasteiger partial charge is 0.0546 e. The zero-order chi connectivity index (χ0) is 35.0. The molecule has 0 aliphatic heterocycles. The van der Waals surface area contributed by atoms with Crippen molar-refractivity contribution in [3.05, 3.63) is 174 Å². The molecule has 0 amide bonds. The standard InChI is InChI=1S/C51H45N/c1-33-12-7-9-16-41(33)50-43-17-10-8-15-36(43)24-29-48(50)52(39-25-22-37(23-26-39)45-31-34-20-21-38(45)30-34)40-27-28-44-47(32-40)51(2,3)46-19-11-18-42(49(44)46)35-13-5-4-6-14-35/h4-19,22-29,32,34,38,45H,20-21,30-31H2,1-3H3. The normalized spacial score (nSPS) is 19.5. The SMILES string of the molecule is Cc1ccccc1-c1c(N(c2ccc(C3CC4CCC3C4)cc2)c2ccc3c(c2)C(C)(C)c2cccc(-c4ccccc4)c2-3)ccc2ccccc12. The van der Waals surface area contributed by atoms with Crippen molar-refractivity contribution in [2.45, 2.75) is 57.8 Å². The second kappa shape index (κ2) is 12.1. The van der Waals surface area contributed by atoms with Crippen LogP contribution in [0.2, 0.25) is 0 Å². The first-order valence-electron chi connectivity index (χ1n) is 19.3. The first kappa shape index (κ1) is 31.3. The maximum absolute atomic E-state index is 2.54. The van der Waals surface area contributed by atoms with E-state index in [2.05, 4.69) is 177 Å². The van der Waals surface area contributed by atoms with Gasteiger partial charge in [-0.25, -0.2) is 0 Å². The summed E-state index contributed by atoms with van der Waals surface area (Å²) in [4.78, 5) is 2.54. The van der Waals surface area contributed by atoms with Crippen LogP contribution < -0.4 is 4.90 Å². The number of aryl methyl sites for hydroxylation is 1. The van der Waals surface area contributed by atoms with Gasteiger partial charge in [-0.1, -0.05) is 142 Å². The van der Waals surface area contributed by atoms with E-state index in [4.69, 9.17) is 0 Å². The molecule has 0 N–H and O–H groups in total. The minimum absolute atomic E-state index is 0.148. The van der Waals surface area contributed by atoms with Gasteiger partial charge in [0.2, 0.25) is 0 Å². The number of rotatable bonds is 6. The highest BCUT2D eigenvalue weighted by Gasteiger charge is 2.40. The predicted molar refractivity (Wildman–Crippen MR) is 220 cm³/mol. The van der Waals surface area contributed by atoms with Gasteiger partial charge in [-0.05, 0) is 135 Å². The molecule has 254 valence electrons. The zero-order valence-electron chi connectivity index (χ0n) is 30.4. The number of nitrogens with zero attached hydrogens (tertiary/aromatic N) is 1. The molecule has 3 aliphatic rings. The number of hydrogen-bond acceptors (Lipinski definition) is 1. The summed E-state index contributed by atoms with van der Waals surface area (Å²) in [5.41, 5.74) is 16.9. The number of fused-ring (bicyclic) bond motifs is 6. The van der Waals surface area contributed by atoms with Crippen molar-refractivity contribution < 1.29 is 0 Å². The first-order valence-corrected chi connectivity index (χ1v) is 19.3. The molecule has 1 nitrogen and oxygen atoms in total. The van der Waals surface area contributed by atoms with Gasteiger partial charge in [-0.2, -0.15) is 0 Å². The molecule has 3 unspecified atom stereocenters.